The van der Waals surface area contributed by atoms with Gasteiger partial charge >= 0.3 is 0 Å². The fourth-order valence-corrected chi connectivity index (χ4v) is 3.57. The predicted molar refractivity (Wildman–Crippen MR) is 74.4 cm³/mol. The molecule has 2 rings (SSSR count). The largest absolute Gasteiger partial charge is 0.343 e. The van der Waals surface area contributed by atoms with Crippen LogP contribution in [0, 0.1) is 5.92 Å². The standard InChI is InChI=1S/C15H28N2O/c1-16-13-8-10-14(11-9-13)17(2)15(18)12-6-4-3-5-7-12/h12-14,16H,3-11H2,1-2H3. The maximum Gasteiger partial charge on any atom is 0.225 e. The summed E-state index contributed by atoms with van der Waals surface area (Å²) in [5.41, 5.74) is 0. The summed E-state index contributed by atoms with van der Waals surface area (Å²) in [4.78, 5) is 14.5. The van der Waals surface area contributed by atoms with Gasteiger partial charge in [0.25, 0.3) is 0 Å². The normalized spacial score (nSPS) is 30.1. The van der Waals surface area contributed by atoms with Crippen molar-refractivity contribution in [2.24, 2.45) is 5.92 Å². The van der Waals surface area contributed by atoms with Crippen LogP contribution >= 0.6 is 0 Å². The maximum atomic E-state index is 12.5. The van der Waals surface area contributed by atoms with Crippen LogP contribution in [0.4, 0.5) is 0 Å². The van der Waals surface area contributed by atoms with Gasteiger partial charge in [0, 0.05) is 25.0 Å². The molecular formula is C15H28N2O. The molecule has 2 aliphatic carbocycles. The van der Waals surface area contributed by atoms with Gasteiger partial charge in [-0.1, -0.05) is 19.3 Å². The molecule has 3 heteroatoms. The van der Waals surface area contributed by atoms with Crippen LogP contribution in [0.1, 0.15) is 57.8 Å². The van der Waals surface area contributed by atoms with Crippen LogP contribution < -0.4 is 5.32 Å². The highest BCUT2D eigenvalue weighted by Gasteiger charge is 2.30. The zero-order valence-electron chi connectivity index (χ0n) is 12.0. The van der Waals surface area contributed by atoms with Crippen molar-refractivity contribution in [3.8, 4) is 0 Å². The Bertz CT molecular complexity index is 266. The fraction of sp³-hybridized carbons (Fsp3) is 0.933. The van der Waals surface area contributed by atoms with Crippen LogP contribution in [-0.2, 0) is 4.79 Å². The molecule has 0 radical (unpaired) electrons. The van der Waals surface area contributed by atoms with Crippen molar-refractivity contribution in [2.75, 3.05) is 14.1 Å². The Morgan fingerprint density at radius 1 is 1.00 bits per heavy atom. The van der Waals surface area contributed by atoms with Gasteiger partial charge in [-0.15, -0.1) is 0 Å². The van der Waals surface area contributed by atoms with E-state index in [0.29, 0.717) is 23.9 Å². The van der Waals surface area contributed by atoms with E-state index >= 15 is 0 Å². The minimum atomic E-state index is 0.325. The molecule has 2 saturated carbocycles. The molecule has 2 fully saturated rings. The average molecular weight is 252 g/mol. The summed E-state index contributed by atoms with van der Waals surface area (Å²) in [5.74, 6) is 0.744. The van der Waals surface area contributed by atoms with Crippen molar-refractivity contribution < 1.29 is 4.79 Å². The van der Waals surface area contributed by atoms with Crippen molar-refractivity contribution in [3.05, 3.63) is 0 Å². The minimum Gasteiger partial charge on any atom is -0.343 e. The number of hydrogen-bond acceptors (Lipinski definition) is 2. The molecule has 104 valence electrons. The van der Waals surface area contributed by atoms with Crippen LogP contribution in [0.3, 0.4) is 0 Å². The van der Waals surface area contributed by atoms with Gasteiger partial charge in [-0.2, -0.15) is 0 Å². The number of carbonyl (C=O) groups is 1. The summed E-state index contributed by atoms with van der Waals surface area (Å²) in [5, 5.41) is 3.35. The molecule has 0 aliphatic heterocycles. The van der Waals surface area contributed by atoms with E-state index in [1.54, 1.807) is 0 Å². The maximum absolute atomic E-state index is 12.5. The minimum absolute atomic E-state index is 0.325. The molecule has 1 N–H and O–H groups in total. The lowest BCUT2D eigenvalue weighted by Gasteiger charge is -2.37. The zero-order chi connectivity index (χ0) is 13.0. The van der Waals surface area contributed by atoms with Crippen molar-refractivity contribution in [2.45, 2.75) is 69.9 Å². The zero-order valence-corrected chi connectivity index (χ0v) is 12.0. The van der Waals surface area contributed by atoms with Gasteiger partial charge < -0.3 is 10.2 Å². The molecule has 18 heavy (non-hydrogen) atoms. The number of nitrogens with one attached hydrogen (secondary N) is 1. The molecule has 0 unspecified atom stereocenters. The number of nitrogens with zero attached hydrogens (tertiary/aromatic N) is 1. The van der Waals surface area contributed by atoms with Crippen molar-refractivity contribution in [1.82, 2.24) is 10.2 Å². The number of hydrogen-bond donors (Lipinski definition) is 1. The van der Waals surface area contributed by atoms with Crippen LogP contribution in [0.25, 0.3) is 0 Å². The van der Waals surface area contributed by atoms with E-state index in [4.69, 9.17) is 0 Å². The molecule has 0 aromatic carbocycles. The summed E-state index contributed by atoms with van der Waals surface area (Å²) in [6.07, 6.45) is 10.8. The Morgan fingerprint density at radius 3 is 2.17 bits per heavy atom. The van der Waals surface area contributed by atoms with Crippen molar-refractivity contribution in [3.63, 3.8) is 0 Å². The van der Waals surface area contributed by atoms with Gasteiger partial charge in [-0.25, -0.2) is 0 Å². The molecule has 0 aromatic heterocycles. The second-order valence-electron chi connectivity index (χ2n) is 6.08. The highest BCUT2D eigenvalue weighted by Crippen LogP contribution is 2.28. The summed E-state index contributed by atoms with van der Waals surface area (Å²) < 4.78 is 0. The summed E-state index contributed by atoms with van der Waals surface area (Å²) in [6, 6.07) is 1.16. The summed E-state index contributed by atoms with van der Waals surface area (Å²) in [7, 11) is 4.07. The fourth-order valence-electron chi connectivity index (χ4n) is 3.57. The molecule has 0 atom stereocenters. The van der Waals surface area contributed by atoms with Crippen molar-refractivity contribution in [1.29, 1.82) is 0 Å². The summed E-state index contributed by atoms with van der Waals surface area (Å²) >= 11 is 0. The van der Waals surface area contributed by atoms with E-state index in [0.717, 1.165) is 12.8 Å². The Hall–Kier alpha value is -0.570. The third-order valence-electron chi connectivity index (χ3n) is 4.95. The van der Waals surface area contributed by atoms with Crippen molar-refractivity contribution >= 4 is 5.91 Å². The van der Waals surface area contributed by atoms with Gasteiger partial charge in [0.05, 0.1) is 0 Å². The molecule has 3 nitrogen and oxygen atoms in total. The monoisotopic (exact) mass is 252 g/mol. The number of carbonyl (C=O) groups excluding carboxylic acids is 1. The first-order valence-electron chi connectivity index (χ1n) is 7.66. The van der Waals surface area contributed by atoms with E-state index in [9.17, 15) is 4.79 Å². The smallest absolute Gasteiger partial charge is 0.225 e. The first kappa shape index (κ1) is 13.9. The van der Waals surface area contributed by atoms with Gasteiger partial charge in [0.2, 0.25) is 5.91 Å². The molecule has 0 heterocycles. The quantitative estimate of drug-likeness (QED) is 0.837. The molecule has 1 amide bonds. The Balaban J connectivity index is 1.83. The van der Waals surface area contributed by atoms with E-state index in [-0.39, 0.29) is 0 Å². The molecular weight excluding hydrogens is 224 g/mol. The van der Waals surface area contributed by atoms with Crippen LogP contribution in [0.5, 0.6) is 0 Å². The Kier molecular flexibility index (Phi) is 5.04. The van der Waals surface area contributed by atoms with Crippen LogP contribution in [0.15, 0.2) is 0 Å². The molecule has 0 saturated heterocycles. The number of rotatable bonds is 3. The lowest BCUT2D eigenvalue weighted by atomic mass is 9.86. The Labute approximate surface area is 111 Å². The van der Waals surface area contributed by atoms with Gasteiger partial charge in [0.15, 0.2) is 0 Å². The lowest BCUT2D eigenvalue weighted by Crippen LogP contribution is -2.45. The first-order valence-corrected chi connectivity index (χ1v) is 7.66. The van der Waals surface area contributed by atoms with E-state index < -0.39 is 0 Å². The second-order valence-corrected chi connectivity index (χ2v) is 6.08. The first-order chi connectivity index (χ1) is 8.72. The van der Waals surface area contributed by atoms with E-state index in [1.807, 2.05) is 14.1 Å². The van der Waals surface area contributed by atoms with Gasteiger partial charge in [-0.05, 0) is 45.6 Å². The van der Waals surface area contributed by atoms with Crippen LogP contribution in [-0.4, -0.2) is 37.0 Å². The van der Waals surface area contributed by atoms with Crippen LogP contribution in [0.2, 0.25) is 0 Å². The molecule has 0 bridgehead atoms. The lowest BCUT2D eigenvalue weighted by molar-refractivity contribution is -0.138. The highest BCUT2D eigenvalue weighted by atomic mass is 16.2. The SMILES string of the molecule is CNC1CCC(N(C)C(=O)C2CCCCC2)CC1. The number of amides is 1. The molecule has 0 aromatic rings. The third kappa shape index (κ3) is 3.25. The topological polar surface area (TPSA) is 32.3 Å². The highest BCUT2D eigenvalue weighted by molar-refractivity contribution is 5.79. The molecule has 0 spiro atoms. The third-order valence-corrected chi connectivity index (χ3v) is 4.95. The predicted octanol–water partition coefficient (Wildman–Crippen LogP) is 2.56. The summed E-state index contributed by atoms with van der Waals surface area (Å²) in [6.45, 7) is 0. The Morgan fingerprint density at radius 2 is 1.61 bits per heavy atom. The average Bonchev–Trinajstić information content (AvgIpc) is 2.47. The van der Waals surface area contributed by atoms with E-state index in [2.05, 4.69) is 10.2 Å². The van der Waals surface area contributed by atoms with E-state index in [1.165, 1.54) is 44.9 Å². The second kappa shape index (κ2) is 6.55. The molecule has 2 aliphatic rings. The van der Waals surface area contributed by atoms with Gasteiger partial charge in [0.1, 0.15) is 0 Å². The van der Waals surface area contributed by atoms with Gasteiger partial charge in [-0.3, -0.25) is 4.79 Å².